The number of hydrogen-bond donors (Lipinski definition) is 1. The van der Waals surface area contributed by atoms with Crippen molar-refractivity contribution >= 4 is 40.3 Å². The van der Waals surface area contributed by atoms with Crippen LogP contribution in [0.1, 0.15) is 19.3 Å². The summed E-state index contributed by atoms with van der Waals surface area (Å²) in [6.45, 7) is 0.342. The molecule has 0 atom stereocenters. The zero-order valence-electron chi connectivity index (χ0n) is 13.2. The van der Waals surface area contributed by atoms with Gasteiger partial charge in [-0.05, 0) is 37.1 Å². The van der Waals surface area contributed by atoms with Crippen LogP contribution in [0.15, 0.2) is 40.8 Å². The molecule has 3 rings (SSSR count). The van der Waals surface area contributed by atoms with Gasteiger partial charge >= 0.3 is 5.97 Å². The van der Waals surface area contributed by atoms with E-state index >= 15 is 0 Å². The molecule has 0 saturated heterocycles. The van der Waals surface area contributed by atoms with Crippen LogP contribution in [-0.4, -0.2) is 22.7 Å². The standard InChI is InChI=1S/C18H15Cl2NO4/c19-12-9-11(18-21-14-5-1-2-6-15(14)25-18)10-13(20)17(12)24-8-4-3-7-16(22)23/h1-2,5-6,9-10H,3-4,7-8H2,(H,22,23). The molecule has 0 aliphatic heterocycles. The van der Waals surface area contributed by atoms with Crippen molar-refractivity contribution in [3.63, 3.8) is 0 Å². The molecule has 0 saturated carbocycles. The van der Waals surface area contributed by atoms with Crippen molar-refractivity contribution in [2.45, 2.75) is 19.3 Å². The molecule has 0 fully saturated rings. The van der Waals surface area contributed by atoms with E-state index in [1.165, 1.54) is 0 Å². The van der Waals surface area contributed by atoms with Gasteiger partial charge < -0.3 is 14.3 Å². The van der Waals surface area contributed by atoms with Crippen LogP contribution in [0.2, 0.25) is 10.0 Å². The molecular formula is C18H15Cl2NO4. The number of carboxylic acid groups (broad SMARTS) is 1. The molecule has 7 heteroatoms. The van der Waals surface area contributed by atoms with Gasteiger partial charge in [-0.15, -0.1) is 0 Å². The molecule has 1 aromatic heterocycles. The zero-order valence-corrected chi connectivity index (χ0v) is 14.7. The third-order valence-corrected chi connectivity index (χ3v) is 4.13. The van der Waals surface area contributed by atoms with Crippen molar-refractivity contribution in [1.29, 1.82) is 0 Å². The van der Waals surface area contributed by atoms with E-state index in [4.69, 9.17) is 37.5 Å². The quantitative estimate of drug-likeness (QED) is 0.553. The average molecular weight is 380 g/mol. The minimum absolute atomic E-state index is 0.113. The third-order valence-electron chi connectivity index (χ3n) is 3.57. The highest BCUT2D eigenvalue weighted by Crippen LogP contribution is 2.38. The molecule has 5 nitrogen and oxygen atoms in total. The van der Waals surface area contributed by atoms with Crippen LogP contribution in [0.3, 0.4) is 0 Å². The predicted molar refractivity (Wildman–Crippen MR) is 96.4 cm³/mol. The molecule has 0 amide bonds. The number of fused-ring (bicyclic) bond motifs is 1. The second kappa shape index (κ2) is 7.76. The smallest absolute Gasteiger partial charge is 0.303 e. The van der Waals surface area contributed by atoms with Gasteiger partial charge in [-0.2, -0.15) is 0 Å². The van der Waals surface area contributed by atoms with Crippen molar-refractivity contribution in [3.05, 3.63) is 46.4 Å². The molecule has 2 aromatic carbocycles. The minimum Gasteiger partial charge on any atom is -0.490 e. The number of oxazole rings is 1. The lowest BCUT2D eigenvalue weighted by Gasteiger charge is -2.10. The topological polar surface area (TPSA) is 72.6 Å². The van der Waals surface area contributed by atoms with Gasteiger partial charge in [0.15, 0.2) is 11.3 Å². The molecule has 130 valence electrons. The summed E-state index contributed by atoms with van der Waals surface area (Å²) < 4.78 is 11.3. The van der Waals surface area contributed by atoms with E-state index in [-0.39, 0.29) is 6.42 Å². The summed E-state index contributed by atoms with van der Waals surface area (Å²) >= 11 is 12.5. The van der Waals surface area contributed by atoms with E-state index in [2.05, 4.69) is 4.98 Å². The second-order valence-electron chi connectivity index (χ2n) is 5.46. The Labute approximate surface area is 154 Å². The molecule has 0 aliphatic rings. The number of aliphatic carboxylic acids is 1. The van der Waals surface area contributed by atoms with Gasteiger partial charge in [0.1, 0.15) is 5.52 Å². The molecule has 0 unspecified atom stereocenters. The number of halogens is 2. The number of nitrogens with zero attached hydrogens (tertiary/aromatic N) is 1. The third kappa shape index (κ3) is 4.24. The number of benzene rings is 2. The highest BCUT2D eigenvalue weighted by molar-refractivity contribution is 6.37. The molecule has 0 radical (unpaired) electrons. The van der Waals surface area contributed by atoms with Gasteiger partial charge in [0, 0.05) is 12.0 Å². The van der Waals surface area contributed by atoms with Crippen LogP contribution in [-0.2, 0) is 4.79 Å². The predicted octanol–water partition coefficient (Wildman–Crippen LogP) is 5.44. The molecule has 1 heterocycles. The lowest BCUT2D eigenvalue weighted by molar-refractivity contribution is -0.137. The van der Waals surface area contributed by atoms with Crippen molar-refractivity contribution in [3.8, 4) is 17.2 Å². The molecule has 0 aliphatic carbocycles. The number of para-hydroxylation sites is 2. The summed E-state index contributed by atoms with van der Waals surface area (Å²) in [4.78, 5) is 14.9. The first kappa shape index (κ1) is 17.6. The molecule has 3 aromatic rings. The fraction of sp³-hybridized carbons (Fsp3) is 0.222. The summed E-state index contributed by atoms with van der Waals surface area (Å²) in [6, 6.07) is 10.8. The monoisotopic (exact) mass is 379 g/mol. The Morgan fingerprint density at radius 1 is 1.16 bits per heavy atom. The van der Waals surface area contributed by atoms with Crippen LogP contribution in [0.25, 0.3) is 22.6 Å². The van der Waals surface area contributed by atoms with Crippen molar-refractivity contribution < 1.29 is 19.1 Å². The van der Waals surface area contributed by atoms with E-state index < -0.39 is 5.97 Å². The number of rotatable bonds is 7. The Kier molecular flexibility index (Phi) is 5.46. The van der Waals surface area contributed by atoms with Crippen LogP contribution >= 0.6 is 23.2 Å². The second-order valence-corrected chi connectivity index (χ2v) is 6.27. The fourth-order valence-electron chi connectivity index (χ4n) is 2.37. The maximum absolute atomic E-state index is 10.5. The SMILES string of the molecule is O=C(O)CCCCOc1c(Cl)cc(-c2nc3ccccc3o2)cc1Cl. The van der Waals surface area contributed by atoms with E-state index in [0.29, 0.717) is 52.3 Å². The number of hydrogen-bond acceptors (Lipinski definition) is 4. The number of carbonyl (C=O) groups is 1. The fourth-order valence-corrected chi connectivity index (χ4v) is 2.97. The van der Waals surface area contributed by atoms with Gasteiger partial charge in [-0.3, -0.25) is 4.79 Å². The molecule has 1 N–H and O–H groups in total. The summed E-state index contributed by atoms with van der Waals surface area (Å²) in [6.07, 6.45) is 1.25. The molecular weight excluding hydrogens is 365 g/mol. The Hall–Kier alpha value is -2.24. The maximum atomic E-state index is 10.5. The maximum Gasteiger partial charge on any atom is 0.303 e. The first-order chi connectivity index (χ1) is 12.0. The number of carboxylic acids is 1. The highest BCUT2D eigenvalue weighted by Gasteiger charge is 2.14. The van der Waals surface area contributed by atoms with E-state index in [0.717, 1.165) is 5.52 Å². The lowest BCUT2D eigenvalue weighted by Crippen LogP contribution is -2.01. The molecule has 25 heavy (non-hydrogen) atoms. The first-order valence-corrected chi connectivity index (χ1v) is 8.50. The summed E-state index contributed by atoms with van der Waals surface area (Å²) in [7, 11) is 0. The summed E-state index contributed by atoms with van der Waals surface area (Å²) in [5.41, 5.74) is 2.09. The van der Waals surface area contributed by atoms with E-state index in [1.54, 1.807) is 12.1 Å². The minimum atomic E-state index is -0.821. The number of unbranched alkanes of at least 4 members (excludes halogenated alkanes) is 1. The largest absolute Gasteiger partial charge is 0.490 e. The number of ether oxygens (including phenoxy) is 1. The van der Waals surface area contributed by atoms with Gasteiger partial charge in [0.2, 0.25) is 5.89 Å². The Balaban J connectivity index is 1.74. The van der Waals surface area contributed by atoms with Crippen LogP contribution in [0.5, 0.6) is 5.75 Å². The van der Waals surface area contributed by atoms with Crippen LogP contribution in [0.4, 0.5) is 0 Å². The Bertz CT molecular complexity index is 851. The van der Waals surface area contributed by atoms with Crippen molar-refractivity contribution in [2.75, 3.05) is 6.61 Å². The van der Waals surface area contributed by atoms with Crippen molar-refractivity contribution in [1.82, 2.24) is 4.98 Å². The Morgan fingerprint density at radius 3 is 2.56 bits per heavy atom. The average Bonchev–Trinajstić information content (AvgIpc) is 3.00. The summed E-state index contributed by atoms with van der Waals surface area (Å²) in [5.74, 6) is -0.0183. The van der Waals surface area contributed by atoms with Crippen LogP contribution in [0, 0.1) is 0 Å². The van der Waals surface area contributed by atoms with Gasteiger partial charge in [0.25, 0.3) is 0 Å². The normalized spacial score (nSPS) is 11.0. The number of aromatic nitrogens is 1. The molecule has 0 spiro atoms. The Morgan fingerprint density at radius 2 is 1.88 bits per heavy atom. The zero-order chi connectivity index (χ0) is 17.8. The van der Waals surface area contributed by atoms with Gasteiger partial charge in [-0.25, -0.2) is 4.98 Å². The van der Waals surface area contributed by atoms with Gasteiger partial charge in [-0.1, -0.05) is 35.3 Å². The lowest BCUT2D eigenvalue weighted by atomic mass is 10.2. The highest BCUT2D eigenvalue weighted by atomic mass is 35.5. The van der Waals surface area contributed by atoms with E-state index in [9.17, 15) is 4.79 Å². The first-order valence-electron chi connectivity index (χ1n) is 7.74. The van der Waals surface area contributed by atoms with Crippen molar-refractivity contribution in [2.24, 2.45) is 0 Å². The molecule has 0 bridgehead atoms. The van der Waals surface area contributed by atoms with Gasteiger partial charge in [0.05, 0.1) is 16.7 Å². The van der Waals surface area contributed by atoms with E-state index in [1.807, 2.05) is 24.3 Å². The van der Waals surface area contributed by atoms with Crippen LogP contribution < -0.4 is 4.74 Å². The summed E-state index contributed by atoms with van der Waals surface area (Å²) in [5, 5.41) is 9.31.